The summed E-state index contributed by atoms with van der Waals surface area (Å²) in [6.45, 7) is 3.85. The number of allylic oxidation sites excluding steroid dienone is 4. The lowest BCUT2D eigenvalue weighted by molar-refractivity contribution is -0.112. The van der Waals surface area contributed by atoms with Gasteiger partial charge in [-0.15, -0.1) is 0 Å². The van der Waals surface area contributed by atoms with Crippen molar-refractivity contribution in [2.75, 3.05) is 0 Å². The number of hydrogen-bond acceptors (Lipinski definition) is 1. The molecule has 1 rings (SSSR count). The highest BCUT2D eigenvalue weighted by atomic mass is 16.1. The van der Waals surface area contributed by atoms with E-state index in [-0.39, 0.29) is 5.78 Å². The van der Waals surface area contributed by atoms with Crippen LogP contribution in [0.25, 0.3) is 0 Å². The van der Waals surface area contributed by atoms with Gasteiger partial charge in [0.1, 0.15) is 0 Å². The zero-order valence-electron chi connectivity index (χ0n) is 11.3. The second kappa shape index (κ2) is 8.27. The summed E-state index contributed by atoms with van der Waals surface area (Å²) in [6.07, 6.45) is 17.3. The normalized spacial score (nSPS) is 23.6. The second-order valence-corrected chi connectivity index (χ2v) is 5.20. The van der Waals surface area contributed by atoms with E-state index in [2.05, 4.69) is 19.1 Å². The maximum Gasteiger partial charge on any atom is 0.152 e. The number of carbonyl (C=O) groups excluding carboxylic acids is 1. The molecule has 1 heteroatoms. The molecule has 0 saturated heterocycles. The molecule has 1 fully saturated rings. The van der Waals surface area contributed by atoms with Gasteiger partial charge in [0.25, 0.3) is 0 Å². The first kappa shape index (κ1) is 14.2. The van der Waals surface area contributed by atoms with Crippen LogP contribution >= 0.6 is 0 Å². The quantitative estimate of drug-likeness (QED) is 0.321. The Morgan fingerprint density at radius 3 is 2.65 bits per heavy atom. The zero-order chi connectivity index (χ0) is 12.5. The molecule has 1 nitrogen and oxygen atoms in total. The third-order valence-corrected chi connectivity index (χ3v) is 3.46. The Hall–Kier alpha value is -0.850. The van der Waals surface area contributed by atoms with Crippen molar-refractivity contribution in [1.29, 1.82) is 0 Å². The number of ketones is 1. The summed E-state index contributed by atoms with van der Waals surface area (Å²) in [5, 5.41) is 0. The third-order valence-electron chi connectivity index (χ3n) is 3.46. The van der Waals surface area contributed by atoms with Crippen molar-refractivity contribution in [3.63, 3.8) is 0 Å². The largest absolute Gasteiger partial charge is 0.295 e. The van der Waals surface area contributed by atoms with E-state index in [9.17, 15) is 4.79 Å². The first-order valence-electron chi connectivity index (χ1n) is 7.06. The molecule has 1 aliphatic rings. The molecule has 0 spiro atoms. The fourth-order valence-electron chi connectivity index (χ4n) is 2.23. The molecule has 1 saturated carbocycles. The average molecular weight is 234 g/mol. The van der Waals surface area contributed by atoms with E-state index in [1.807, 2.05) is 6.08 Å². The number of hydrogen-bond donors (Lipinski definition) is 0. The van der Waals surface area contributed by atoms with E-state index in [0.717, 1.165) is 18.3 Å². The van der Waals surface area contributed by atoms with E-state index < -0.39 is 0 Å². The topological polar surface area (TPSA) is 17.1 Å². The minimum Gasteiger partial charge on any atom is -0.295 e. The first-order chi connectivity index (χ1) is 8.24. The maximum atomic E-state index is 10.7. The van der Waals surface area contributed by atoms with Gasteiger partial charge in [-0.3, -0.25) is 4.79 Å². The van der Waals surface area contributed by atoms with Crippen LogP contribution in [-0.4, -0.2) is 5.78 Å². The Morgan fingerprint density at radius 1 is 1.18 bits per heavy atom. The Morgan fingerprint density at radius 2 is 1.94 bits per heavy atom. The summed E-state index contributed by atoms with van der Waals surface area (Å²) in [4.78, 5) is 10.7. The second-order valence-electron chi connectivity index (χ2n) is 5.20. The number of unbranched alkanes of at least 4 members (excludes halogenated alkanes) is 2. The number of carbonyl (C=O) groups is 1. The van der Waals surface area contributed by atoms with Gasteiger partial charge in [-0.05, 0) is 56.9 Å². The van der Waals surface area contributed by atoms with Gasteiger partial charge in [-0.1, -0.05) is 38.0 Å². The van der Waals surface area contributed by atoms with Crippen LogP contribution in [0.1, 0.15) is 58.8 Å². The predicted octanol–water partition coefficient (Wildman–Crippen LogP) is 4.68. The van der Waals surface area contributed by atoms with Crippen molar-refractivity contribution < 1.29 is 4.79 Å². The highest BCUT2D eigenvalue weighted by Gasteiger charge is 2.34. The fourth-order valence-corrected chi connectivity index (χ4v) is 2.23. The van der Waals surface area contributed by atoms with Crippen LogP contribution in [0.4, 0.5) is 0 Å². The molecular formula is C16H26O. The van der Waals surface area contributed by atoms with Crippen molar-refractivity contribution >= 4 is 5.78 Å². The van der Waals surface area contributed by atoms with Crippen LogP contribution in [0.2, 0.25) is 0 Å². The molecule has 2 unspecified atom stereocenters. The minimum atomic E-state index is 0.168. The Labute approximate surface area is 106 Å². The van der Waals surface area contributed by atoms with Crippen LogP contribution in [0.15, 0.2) is 24.3 Å². The first-order valence-corrected chi connectivity index (χ1v) is 7.06. The van der Waals surface area contributed by atoms with Gasteiger partial charge >= 0.3 is 0 Å². The maximum absolute atomic E-state index is 10.7. The number of rotatable bonds is 9. The van der Waals surface area contributed by atoms with Gasteiger partial charge in [-0.2, -0.15) is 0 Å². The van der Waals surface area contributed by atoms with E-state index in [1.54, 1.807) is 13.0 Å². The molecule has 0 radical (unpaired) electrons. The van der Waals surface area contributed by atoms with E-state index in [0.29, 0.717) is 0 Å². The molecule has 1 aliphatic carbocycles. The molecule has 0 aromatic heterocycles. The molecule has 0 heterocycles. The molecule has 0 aromatic rings. The Balaban J connectivity index is 1.97. The van der Waals surface area contributed by atoms with Gasteiger partial charge in [0.15, 0.2) is 5.78 Å². The summed E-state index contributed by atoms with van der Waals surface area (Å²) in [7, 11) is 0. The predicted molar refractivity (Wildman–Crippen MR) is 73.9 cm³/mol. The van der Waals surface area contributed by atoms with Crippen molar-refractivity contribution in [3.8, 4) is 0 Å². The summed E-state index contributed by atoms with van der Waals surface area (Å²) in [6, 6.07) is 0. The van der Waals surface area contributed by atoms with Crippen LogP contribution in [0, 0.1) is 11.8 Å². The summed E-state index contributed by atoms with van der Waals surface area (Å²) in [5.41, 5.74) is 0. The van der Waals surface area contributed by atoms with Gasteiger partial charge in [0, 0.05) is 0 Å². The third kappa shape index (κ3) is 7.14. The zero-order valence-corrected chi connectivity index (χ0v) is 11.3. The molecule has 96 valence electrons. The molecule has 0 N–H and O–H groups in total. The summed E-state index contributed by atoms with van der Waals surface area (Å²) >= 11 is 0. The average Bonchev–Trinajstić information content (AvgIpc) is 3.01. The standard InChI is InChI=1S/C16H26O/c1-3-4-5-6-7-8-11-15-13-16(15)12-9-10-14(2)17/h6-7,9-10,15-16H,3-5,8,11-13H2,1-2H3/b7-6+,10-9+. The van der Waals surface area contributed by atoms with Gasteiger partial charge in [-0.25, -0.2) is 0 Å². The lowest BCUT2D eigenvalue weighted by Crippen LogP contribution is -1.83. The Kier molecular flexibility index (Phi) is 6.91. The smallest absolute Gasteiger partial charge is 0.152 e. The van der Waals surface area contributed by atoms with Crippen molar-refractivity contribution in [2.24, 2.45) is 11.8 Å². The monoisotopic (exact) mass is 234 g/mol. The van der Waals surface area contributed by atoms with Crippen molar-refractivity contribution in [1.82, 2.24) is 0 Å². The lowest BCUT2D eigenvalue weighted by atomic mass is 10.1. The SMILES string of the molecule is CCCC/C=C/CCC1CC1C/C=C/C(C)=O. The van der Waals surface area contributed by atoms with E-state index in [1.165, 1.54) is 38.5 Å². The van der Waals surface area contributed by atoms with Crippen LogP contribution in [0.5, 0.6) is 0 Å². The lowest BCUT2D eigenvalue weighted by Gasteiger charge is -1.94. The van der Waals surface area contributed by atoms with E-state index >= 15 is 0 Å². The molecule has 0 amide bonds. The van der Waals surface area contributed by atoms with Crippen LogP contribution < -0.4 is 0 Å². The Bertz CT molecular complexity index is 275. The van der Waals surface area contributed by atoms with Gasteiger partial charge < -0.3 is 0 Å². The highest BCUT2D eigenvalue weighted by molar-refractivity contribution is 5.87. The minimum absolute atomic E-state index is 0.168. The molecular weight excluding hydrogens is 208 g/mol. The van der Waals surface area contributed by atoms with E-state index in [4.69, 9.17) is 0 Å². The van der Waals surface area contributed by atoms with Gasteiger partial charge in [0.2, 0.25) is 0 Å². The highest BCUT2D eigenvalue weighted by Crippen LogP contribution is 2.44. The molecule has 17 heavy (non-hydrogen) atoms. The van der Waals surface area contributed by atoms with Crippen LogP contribution in [-0.2, 0) is 4.79 Å². The van der Waals surface area contributed by atoms with Crippen molar-refractivity contribution in [2.45, 2.75) is 58.8 Å². The fraction of sp³-hybridized carbons (Fsp3) is 0.688. The molecule has 0 aromatic carbocycles. The molecule has 0 aliphatic heterocycles. The van der Waals surface area contributed by atoms with Gasteiger partial charge in [0.05, 0.1) is 0 Å². The summed E-state index contributed by atoms with van der Waals surface area (Å²) < 4.78 is 0. The molecule has 2 atom stereocenters. The summed E-state index contributed by atoms with van der Waals surface area (Å²) in [5.74, 6) is 1.94. The van der Waals surface area contributed by atoms with Crippen molar-refractivity contribution in [3.05, 3.63) is 24.3 Å². The van der Waals surface area contributed by atoms with Crippen LogP contribution in [0.3, 0.4) is 0 Å². The molecule has 0 bridgehead atoms.